The number of rotatable bonds is 6. The Morgan fingerprint density at radius 3 is 2.32 bits per heavy atom. The lowest BCUT2D eigenvalue weighted by molar-refractivity contribution is 0.0717. The van der Waals surface area contributed by atoms with Gasteiger partial charge in [0.2, 0.25) is 10.0 Å². The van der Waals surface area contributed by atoms with Gasteiger partial charge in [0.1, 0.15) is 0 Å². The molecule has 7 heteroatoms. The van der Waals surface area contributed by atoms with E-state index in [4.69, 9.17) is 0 Å². The van der Waals surface area contributed by atoms with E-state index in [-0.39, 0.29) is 18.5 Å². The van der Waals surface area contributed by atoms with Gasteiger partial charge in [-0.05, 0) is 42.7 Å². The summed E-state index contributed by atoms with van der Waals surface area (Å²) < 4.78 is 25.9. The second-order valence-corrected chi connectivity index (χ2v) is 9.14. The SMILES string of the molecule is CS(=O)(=O)N(Cc1ccccc1)c1ccc(C(=O)N[C@H]2CCCC[C@@H]2O)cc1. The summed E-state index contributed by atoms with van der Waals surface area (Å²) in [5.41, 5.74) is 1.82. The smallest absolute Gasteiger partial charge is 0.251 e. The van der Waals surface area contributed by atoms with Crippen LogP contribution in [0.1, 0.15) is 41.6 Å². The number of hydrogen-bond acceptors (Lipinski definition) is 4. The van der Waals surface area contributed by atoms with Crippen LogP contribution in [0.15, 0.2) is 54.6 Å². The van der Waals surface area contributed by atoms with Crippen molar-refractivity contribution in [3.63, 3.8) is 0 Å². The van der Waals surface area contributed by atoms with Crippen molar-refractivity contribution in [3.05, 3.63) is 65.7 Å². The molecule has 2 aromatic rings. The molecule has 3 rings (SSSR count). The molecule has 0 saturated heterocycles. The molecule has 1 aliphatic rings. The van der Waals surface area contributed by atoms with E-state index in [1.165, 1.54) is 10.6 Å². The van der Waals surface area contributed by atoms with Crippen molar-refractivity contribution < 1.29 is 18.3 Å². The molecule has 28 heavy (non-hydrogen) atoms. The third-order valence-electron chi connectivity index (χ3n) is 5.03. The van der Waals surface area contributed by atoms with E-state index in [0.29, 0.717) is 17.7 Å². The minimum Gasteiger partial charge on any atom is -0.391 e. The van der Waals surface area contributed by atoms with Crippen molar-refractivity contribution in [2.45, 2.75) is 44.4 Å². The van der Waals surface area contributed by atoms with Gasteiger partial charge in [-0.1, -0.05) is 43.2 Å². The Kier molecular flexibility index (Phi) is 6.36. The Labute approximate surface area is 166 Å². The number of hydrogen-bond donors (Lipinski definition) is 2. The van der Waals surface area contributed by atoms with Gasteiger partial charge >= 0.3 is 0 Å². The number of sulfonamides is 1. The third kappa shape index (κ3) is 5.11. The van der Waals surface area contributed by atoms with Crippen LogP contribution < -0.4 is 9.62 Å². The molecule has 1 aliphatic carbocycles. The van der Waals surface area contributed by atoms with Crippen LogP contribution >= 0.6 is 0 Å². The number of nitrogens with one attached hydrogen (secondary N) is 1. The molecule has 1 amide bonds. The topological polar surface area (TPSA) is 86.7 Å². The van der Waals surface area contributed by atoms with E-state index in [2.05, 4.69) is 5.32 Å². The van der Waals surface area contributed by atoms with Crippen LogP contribution in [0.4, 0.5) is 5.69 Å². The van der Waals surface area contributed by atoms with Gasteiger partial charge in [-0.15, -0.1) is 0 Å². The van der Waals surface area contributed by atoms with E-state index in [9.17, 15) is 18.3 Å². The van der Waals surface area contributed by atoms with Crippen molar-refractivity contribution in [1.82, 2.24) is 5.32 Å². The fourth-order valence-electron chi connectivity index (χ4n) is 3.46. The van der Waals surface area contributed by atoms with Crippen molar-refractivity contribution in [1.29, 1.82) is 0 Å². The average Bonchev–Trinajstić information content (AvgIpc) is 2.68. The van der Waals surface area contributed by atoms with Crippen LogP contribution in [0.5, 0.6) is 0 Å². The maximum absolute atomic E-state index is 12.5. The number of carbonyl (C=O) groups is 1. The number of amides is 1. The molecule has 2 atom stereocenters. The molecule has 0 heterocycles. The van der Waals surface area contributed by atoms with Gasteiger partial charge in [0.05, 0.1) is 30.6 Å². The van der Waals surface area contributed by atoms with E-state index >= 15 is 0 Å². The van der Waals surface area contributed by atoms with Crippen molar-refractivity contribution in [3.8, 4) is 0 Å². The van der Waals surface area contributed by atoms with Gasteiger partial charge in [0.15, 0.2) is 0 Å². The molecule has 0 aliphatic heterocycles. The first-order valence-electron chi connectivity index (χ1n) is 9.45. The van der Waals surface area contributed by atoms with Crippen LogP contribution in [0.2, 0.25) is 0 Å². The maximum atomic E-state index is 12.5. The van der Waals surface area contributed by atoms with Gasteiger partial charge in [-0.25, -0.2) is 8.42 Å². The number of benzene rings is 2. The van der Waals surface area contributed by atoms with Crippen molar-refractivity contribution in [2.75, 3.05) is 10.6 Å². The van der Waals surface area contributed by atoms with Crippen LogP contribution in [-0.4, -0.2) is 37.8 Å². The number of nitrogens with zero attached hydrogens (tertiary/aromatic N) is 1. The normalized spacial score (nSPS) is 19.8. The van der Waals surface area contributed by atoms with E-state index < -0.39 is 16.1 Å². The van der Waals surface area contributed by atoms with Crippen LogP contribution in [0, 0.1) is 0 Å². The lowest BCUT2D eigenvalue weighted by atomic mass is 9.92. The first kappa shape index (κ1) is 20.4. The second-order valence-electron chi connectivity index (χ2n) is 7.23. The lowest BCUT2D eigenvalue weighted by Gasteiger charge is -2.28. The summed E-state index contributed by atoms with van der Waals surface area (Å²) in [6.07, 6.45) is 4.09. The first-order chi connectivity index (χ1) is 13.3. The van der Waals surface area contributed by atoms with E-state index in [0.717, 1.165) is 24.8 Å². The Morgan fingerprint density at radius 2 is 1.71 bits per heavy atom. The summed E-state index contributed by atoms with van der Waals surface area (Å²) >= 11 is 0. The standard InChI is InChI=1S/C21H26N2O4S/c1-28(26,27)23(15-16-7-3-2-4-8-16)18-13-11-17(12-14-18)21(25)22-19-9-5-6-10-20(19)24/h2-4,7-8,11-14,19-20,24H,5-6,9-10,15H2,1H3,(H,22,25)/t19-,20-/m0/s1. The summed E-state index contributed by atoms with van der Waals surface area (Å²) in [7, 11) is -3.48. The largest absolute Gasteiger partial charge is 0.391 e. The zero-order valence-electron chi connectivity index (χ0n) is 15.9. The Hall–Kier alpha value is -2.38. The number of aliphatic hydroxyl groups excluding tert-OH is 1. The fourth-order valence-corrected chi connectivity index (χ4v) is 4.35. The molecular weight excluding hydrogens is 376 g/mol. The highest BCUT2D eigenvalue weighted by molar-refractivity contribution is 7.92. The number of anilines is 1. The molecule has 1 saturated carbocycles. The quantitative estimate of drug-likeness (QED) is 0.778. The average molecular weight is 403 g/mol. The summed E-state index contributed by atoms with van der Waals surface area (Å²) in [6.45, 7) is 0.222. The minimum absolute atomic E-state index is 0.222. The van der Waals surface area contributed by atoms with Crippen LogP contribution in [0.3, 0.4) is 0 Å². The minimum atomic E-state index is -3.48. The van der Waals surface area contributed by atoms with Gasteiger partial charge in [-0.2, -0.15) is 0 Å². The van der Waals surface area contributed by atoms with Gasteiger partial charge in [-0.3, -0.25) is 9.10 Å². The molecule has 150 valence electrons. The lowest BCUT2D eigenvalue weighted by Crippen LogP contribution is -2.45. The molecule has 0 radical (unpaired) electrons. The van der Waals surface area contributed by atoms with Gasteiger partial charge < -0.3 is 10.4 Å². The van der Waals surface area contributed by atoms with Gasteiger partial charge in [0, 0.05) is 5.56 Å². The Balaban J connectivity index is 1.74. The molecular formula is C21H26N2O4S. The predicted octanol–water partition coefficient (Wildman–Crippen LogP) is 2.69. The Bertz CT molecular complexity index is 898. The number of aliphatic hydroxyl groups is 1. The van der Waals surface area contributed by atoms with E-state index in [1.54, 1.807) is 24.3 Å². The number of carbonyl (C=O) groups excluding carboxylic acids is 1. The zero-order valence-corrected chi connectivity index (χ0v) is 16.7. The van der Waals surface area contributed by atoms with E-state index in [1.807, 2.05) is 30.3 Å². The molecule has 0 unspecified atom stereocenters. The summed E-state index contributed by atoms with van der Waals surface area (Å²) in [5, 5.41) is 12.9. The highest BCUT2D eigenvalue weighted by Crippen LogP contribution is 2.22. The molecule has 0 spiro atoms. The molecule has 6 nitrogen and oxygen atoms in total. The monoisotopic (exact) mass is 402 g/mol. The summed E-state index contributed by atoms with van der Waals surface area (Å²) in [5.74, 6) is -0.258. The summed E-state index contributed by atoms with van der Waals surface area (Å²) in [4.78, 5) is 12.5. The van der Waals surface area contributed by atoms with Crippen LogP contribution in [0.25, 0.3) is 0 Å². The second kappa shape index (κ2) is 8.75. The van der Waals surface area contributed by atoms with Crippen molar-refractivity contribution >= 4 is 21.6 Å². The Morgan fingerprint density at radius 1 is 1.07 bits per heavy atom. The van der Waals surface area contributed by atoms with Gasteiger partial charge in [0.25, 0.3) is 5.91 Å². The molecule has 2 N–H and O–H groups in total. The predicted molar refractivity (Wildman–Crippen MR) is 110 cm³/mol. The molecule has 0 aromatic heterocycles. The van der Waals surface area contributed by atoms with Crippen LogP contribution in [-0.2, 0) is 16.6 Å². The molecule has 2 aromatic carbocycles. The third-order valence-corrected chi connectivity index (χ3v) is 6.17. The summed E-state index contributed by atoms with van der Waals surface area (Å²) in [6, 6.07) is 15.6. The molecule has 1 fully saturated rings. The maximum Gasteiger partial charge on any atom is 0.251 e. The zero-order chi connectivity index (χ0) is 20.1. The first-order valence-corrected chi connectivity index (χ1v) is 11.3. The van der Waals surface area contributed by atoms with Crippen molar-refractivity contribution in [2.24, 2.45) is 0 Å². The molecule has 0 bridgehead atoms. The highest BCUT2D eigenvalue weighted by atomic mass is 32.2. The fraction of sp³-hybridized carbons (Fsp3) is 0.381. The highest BCUT2D eigenvalue weighted by Gasteiger charge is 2.25.